The summed E-state index contributed by atoms with van der Waals surface area (Å²) in [6, 6.07) is 11.2. The zero-order valence-corrected chi connectivity index (χ0v) is 15.2. The fraction of sp³-hybridized carbons (Fsp3) is 0.238. The maximum Gasteiger partial charge on any atom is 0.245 e. The molecule has 2 aliphatic rings. The van der Waals surface area contributed by atoms with Gasteiger partial charge >= 0.3 is 0 Å². The molecule has 1 fully saturated rings. The molecule has 7 nitrogen and oxygen atoms in total. The number of rotatable bonds is 1. The zero-order valence-electron chi connectivity index (χ0n) is 15.2. The van der Waals surface area contributed by atoms with Gasteiger partial charge in [-0.15, -0.1) is 0 Å². The highest BCUT2D eigenvalue weighted by Crippen LogP contribution is 2.43. The van der Waals surface area contributed by atoms with Crippen molar-refractivity contribution in [1.82, 2.24) is 14.8 Å². The lowest BCUT2D eigenvalue weighted by Crippen LogP contribution is -2.62. The molecule has 0 unspecified atom stereocenters. The highest BCUT2D eigenvalue weighted by Gasteiger charge is 2.47. The van der Waals surface area contributed by atoms with Gasteiger partial charge in [0.25, 0.3) is 0 Å². The van der Waals surface area contributed by atoms with Crippen LogP contribution in [0.15, 0.2) is 42.5 Å². The average Bonchev–Trinajstić information content (AvgIpc) is 3.05. The first-order valence-corrected chi connectivity index (χ1v) is 9.13. The number of carbonyl (C=O) groups excluding carboxylic acids is 2. The van der Waals surface area contributed by atoms with Gasteiger partial charge in [0.2, 0.25) is 11.8 Å². The van der Waals surface area contributed by atoms with Gasteiger partial charge in [0.15, 0.2) is 11.5 Å². The van der Waals surface area contributed by atoms with Crippen LogP contribution >= 0.6 is 0 Å². The summed E-state index contributed by atoms with van der Waals surface area (Å²) in [6.07, 6.45) is 0.439. The van der Waals surface area contributed by atoms with E-state index in [9.17, 15) is 19.8 Å². The van der Waals surface area contributed by atoms with Gasteiger partial charge in [-0.3, -0.25) is 9.59 Å². The molecule has 3 aromatic rings. The van der Waals surface area contributed by atoms with E-state index in [0.29, 0.717) is 12.0 Å². The van der Waals surface area contributed by atoms with E-state index in [0.717, 1.165) is 22.2 Å². The van der Waals surface area contributed by atoms with Crippen molar-refractivity contribution >= 4 is 22.7 Å². The van der Waals surface area contributed by atoms with E-state index < -0.39 is 12.1 Å². The number of aromatic amines is 1. The quantitative estimate of drug-likeness (QED) is 0.564. The van der Waals surface area contributed by atoms with Gasteiger partial charge in [-0.2, -0.15) is 0 Å². The van der Waals surface area contributed by atoms with Crippen molar-refractivity contribution in [3.63, 3.8) is 0 Å². The predicted octanol–water partition coefficient (Wildman–Crippen LogP) is 1.89. The molecule has 2 amide bonds. The van der Waals surface area contributed by atoms with Crippen LogP contribution in [0.2, 0.25) is 0 Å². The van der Waals surface area contributed by atoms with E-state index in [-0.39, 0.29) is 29.9 Å². The van der Waals surface area contributed by atoms with E-state index >= 15 is 0 Å². The molecule has 2 aliphatic heterocycles. The molecule has 7 heteroatoms. The lowest BCUT2D eigenvalue weighted by molar-refractivity contribution is -0.157. The Morgan fingerprint density at radius 2 is 1.86 bits per heavy atom. The molecule has 5 rings (SSSR count). The van der Waals surface area contributed by atoms with E-state index in [2.05, 4.69) is 4.98 Å². The number of amides is 2. The highest BCUT2D eigenvalue weighted by molar-refractivity contribution is 5.97. The Hall–Kier alpha value is -3.48. The number of hydrogen-bond donors (Lipinski definition) is 3. The number of benzene rings is 2. The Morgan fingerprint density at radius 1 is 1.07 bits per heavy atom. The largest absolute Gasteiger partial charge is 0.504 e. The van der Waals surface area contributed by atoms with Crippen LogP contribution in [0.3, 0.4) is 0 Å². The number of para-hydroxylation sites is 1. The van der Waals surface area contributed by atoms with Crippen molar-refractivity contribution in [2.45, 2.75) is 18.5 Å². The molecule has 3 N–H and O–H groups in total. The van der Waals surface area contributed by atoms with Crippen LogP contribution in [0.5, 0.6) is 11.5 Å². The van der Waals surface area contributed by atoms with Crippen LogP contribution in [0.1, 0.15) is 22.9 Å². The number of piperazine rings is 1. The third-order valence-electron chi connectivity index (χ3n) is 5.77. The van der Waals surface area contributed by atoms with Crippen molar-refractivity contribution < 1.29 is 19.8 Å². The van der Waals surface area contributed by atoms with Crippen LogP contribution in [-0.2, 0) is 16.0 Å². The number of fused-ring (bicyclic) bond motifs is 4. The van der Waals surface area contributed by atoms with E-state index in [1.165, 1.54) is 17.0 Å². The molecule has 3 heterocycles. The van der Waals surface area contributed by atoms with Crippen molar-refractivity contribution in [3.05, 3.63) is 59.3 Å². The molecule has 0 bridgehead atoms. The summed E-state index contributed by atoms with van der Waals surface area (Å²) >= 11 is 0. The third kappa shape index (κ3) is 2.22. The van der Waals surface area contributed by atoms with Crippen molar-refractivity contribution in [1.29, 1.82) is 0 Å². The molecule has 0 saturated carbocycles. The van der Waals surface area contributed by atoms with Gasteiger partial charge in [-0.25, -0.2) is 0 Å². The number of phenolic OH excluding ortho intramolecular Hbond substituents is 2. The highest BCUT2D eigenvalue weighted by atomic mass is 16.3. The summed E-state index contributed by atoms with van der Waals surface area (Å²) in [4.78, 5) is 32.4. The SMILES string of the molecule is CN1CC(=O)N2[C@H](c3ccc(O)c(O)c3)c3[nH]c4ccccc4c3C[C@@H]2C1=O. The zero-order chi connectivity index (χ0) is 19.6. The Morgan fingerprint density at radius 3 is 2.64 bits per heavy atom. The minimum absolute atomic E-state index is 0.0193. The molecular formula is C21H19N3O4. The van der Waals surface area contributed by atoms with Gasteiger partial charge in [0, 0.05) is 30.1 Å². The van der Waals surface area contributed by atoms with Gasteiger partial charge in [0.05, 0.1) is 12.6 Å². The second-order valence-corrected chi connectivity index (χ2v) is 7.43. The number of aromatic hydroxyl groups is 2. The second-order valence-electron chi connectivity index (χ2n) is 7.43. The summed E-state index contributed by atoms with van der Waals surface area (Å²) in [5.74, 6) is -0.726. The van der Waals surface area contributed by atoms with Crippen molar-refractivity contribution in [2.75, 3.05) is 13.6 Å². The van der Waals surface area contributed by atoms with Crippen LogP contribution in [0.25, 0.3) is 10.9 Å². The standard InChI is InChI=1S/C21H19N3O4/c1-23-10-18(27)24-15(21(23)28)9-13-12-4-2-3-5-14(12)22-19(13)20(24)11-6-7-16(25)17(26)8-11/h2-8,15,20,22,25-26H,9-10H2,1H3/t15-,20-/m1/s1. The monoisotopic (exact) mass is 377 g/mol. The molecule has 1 saturated heterocycles. The first-order valence-electron chi connectivity index (χ1n) is 9.13. The maximum atomic E-state index is 13.0. The smallest absolute Gasteiger partial charge is 0.245 e. The number of nitrogens with one attached hydrogen (secondary N) is 1. The molecule has 142 valence electrons. The Labute approximate surface area is 160 Å². The number of hydrogen-bond acceptors (Lipinski definition) is 4. The molecule has 0 radical (unpaired) electrons. The fourth-order valence-corrected chi connectivity index (χ4v) is 4.46. The molecule has 2 atom stereocenters. The summed E-state index contributed by atoms with van der Waals surface area (Å²) < 4.78 is 0. The first-order chi connectivity index (χ1) is 13.5. The topological polar surface area (TPSA) is 96.9 Å². The minimum atomic E-state index is -0.598. The number of nitrogens with zero attached hydrogens (tertiary/aromatic N) is 2. The molecule has 1 aromatic heterocycles. The van der Waals surface area contributed by atoms with Gasteiger partial charge < -0.3 is 25.0 Å². The minimum Gasteiger partial charge on any atom is -0.504 e. The first kappa shape index (κ1) is 16.7. The van der Waals surface area contributed by atoms with Gasteiger partial charge in [-0.05, 0) is 29.3 Å². The van der Waals surface area contributed by atoms with E-state index in [4.69, 9.17) is 0 Å². The van der Waals surface area contributed by atoms with Crippen molar-refractivity contribution in [3.8, 4) is 11.5 Å². The average molecular weight is 377 g/mol. The fourth-order valence-electron chi connectivity index (χ4n) is 4.46. The van der Waals surface area contributed by atoms with Crippen LogP contribution in [0.4, 0.5) is 0 Å². The Kier molecular flexibility index (Phi) is 3.43. The lowest BCUT2D eigenvalue weighted by Gasteiger charge is -2.46. The van der Waals surface area contributed by atoms with Gasteiger partial charge in [0.1, 0.15) is 6.04 Å². The molecule has 0 spiro atoms. The summed E-state index contributed by atoms with van der Waals surface area (Å²) in [5, 5.41) is 20.8. The predicted molar refractivity (Wildman–Crippen MR) is 102 cm³/mol. The van der Waals surface area contributed by atoms with Crippen LogP contribution in [0, 0.1) is 0 Å². The van der Waals surface area contributed by atoms with Crippen LogP contribution < -0.4 is 0 Å². The molecular weight excluding hydrogens is 358 g/mol. The lowest BCUT2D eigenvalue weighted by atomic mass is 9.86. The number of phenols is 2. The maximum absolute atomic E-state index is 13.0. The van der Waals surface area contributed by atoms with Gasteiger partial charge in [-0.1, -0.05) is 24.3 Å². The summed E-state index contributed by atoms with van der Waals surface area (Å²) in [7, 11) is 1.64. The second kappa shape index (κ2) is 5.76. The Bertz CT molecular complexity index is 1140. The molecule has 2 aromatic carbocycles. The third-order valence-corrected chi connectivity index (χ3v) is 5.77. The van der Waals surface area contributed by atoms with Crippen LogP contribution in [-0.4, -0.2) is 56.4 Å². The number of H-pyrrole nitrogens is 1. The number of aromatic nitrogens is 1. The summed E-state index contributed by atoms with van der Waals surface area (Å²) in [5.41, 5.74) is 3.42. The van der Waals surface area contributed by atoms with E-state index in [1.807, 2.05) is 24.3 Å². The number of likely N-dealkylation sites (N-methyl/N-ethyl adjacent to an activating group) is 1. The normalized spacial score (nSPS) is 21.8. The molecule has 28 heavy (non-hydrogen) atoms. The Balaban J connectivity index is 1.77. The molecule has 0 aliphatic carbocycles. The number of carbonyl (C=O) groups is 2. The summed E-state index contributed by atoms with van der Waals surface area (Å²) in [6.45, 7) is 0.0193. The van der Waals surface area contributed by atoms with E-state index in [1.54, 1.807) is 18.0 Å². The van der Waals surface area contributed by atoms with Crippen molar-refractivity contribution in [2.24, 2.45) is 0 Å².